The summed E-state index contributed by atoms with van der Waals surface area (Å²) in [5.74, 6) is -0.270. The van der Waals surface area contributed by atoms with Gasteiger partial charge in [-0.25, -0.2) is 4.79 Å². The SMILES string of the molecule is COc1cnccc1C(C)NC(=O)NCCCC(=O)O. The third-order valence-electron chi connectivity index (χ3n) is 2.70. The quantitative estimate of drug-likeness (QED) is 0.654. The van der Waals surface area contributed by atoms with Gasteiger partial charge in [0.25, 0.3) is 0 Å². The first-order chi connectivity index (χ1) is 9.54. The van der Waals surface area contributed by atoms with Gasteiger partial charge in [-0.1, -0.05) is 0 Å². The third-order valence-corrected chi connectivity index (χ3v) is 2.70. The van der Waals surface area contributed by atoms with E-state index in [0.717, 1.165) is 5.56 Å². The molecule has 110 valence electrons. The molecule has 3 N–H and O–H groups in total. The van der Waals surface area contributed by atoms with Gasteiger partial charge in [0.2, 0.25) is 0 Å². The fraction of sp³-hybridized carbons (Fsp3) is 0.462. The van der Waals surface area contributed by atoms with Gasteiger partial charge < -0.3 is 20.5 Å². The number of hydrogen-bond donors (Lipinski definition) is 3. The van der Waals surface area contributed by atoms with Gasteiger partial charge >= 0.3 is 12.0 Å². The number of aromatic nitrogens is 1. The number of methoxy groups -OCH3 is 1. The number of carbonyl (C=O) groups is 2. The van der Waals surface area contributed by atoms with Crippen LogP contribution in [0.4, 0.5) is 4.79 Å². The number of carboxylic acids is 1. The predicted molar refractivity (Wildman–Crippen MR) is 72.6 cm³/mol. The number of nitrogens with one attached hydrogen (secondary N) is 2. The Kier molecular flexibility index (Phi) is 6.28. The molecule has 2 amide bonds. The molecule has 1 unspecified atom stereocenters. The number of rotatable bonds is 7. The molecule has 0 aliphatic heterocycles. The van der Waals surface area contributed by atoms with E-state index in [0.29, 0.717) is 18.7 Å². The van der Waals surface area contributed by atoms with Crippen LogP contribution in [0.15, 0.2) is 18.5 Å². The van der Waals surface area contributed by atoms with Gasteiger partial charge in [0.15, 0.2) is 0 Å². The number of pyridine rings is 1. The zero-order valence-corrected chi connectivity index (χ0v) is 11.5. The summed E-state index contributed by atoms with van der Waals surface area (Å²) in [6.07, 6.45) is 3.64. The molecule has 0 bridgehead atoms. The summed E-state index contributed by atoms with van der Waals surface area (Å²) in [4.78, 5) is 25.9. The Morgan fingerprint density at radius 1 is 1.50 bits per heavy atom. The summed E-state index contributed by atoms with van der Waals surface area (Å²) >= 11 is 0. The minimum absolute atomic E-state index is 0.0357. The Bertz CT molecular complexity index is 465. The average Bonchev–Trinajstić information content (AvgIpc) is 2.43. The third kappa shape index (κ3) is 5.13. The van der Waals surface area contributed by atoms with E-state index in [4.69, 9.17) is 9.84 Å². The maximum Gasteiger partial charge on any atom is 0.315 e. The largest absolute Gasteiger partial charge is 0.495 e. The van der Waals surface area contributed by atoms with Gasteiger partial charge in [-0.15, -0.1) is 0 Å². The van der Waals surface area contributed by atoms with Crippen LogP contribution in [0.3, 0.4) is 0 Å². The first-order valence-corrected chi connectivity index (χ1v) is 6.28. The van der Waals surface area contributed by atoms with Crippen LogP contribution in [0.5, 0.6) is 5.75 Å². The van der Waals surface area contributed by atoms with Gasteiger partial charge in [0, 0.05) is 24.7 Å². The van der Waals surface area contributed by atoms with Crippen molar-refractivity contribution in [1.29, 1.82) is 0 Å². The first-order valence-electron chi connectivity index (χ1n) is 6.28. The van der Waals surface area contributed by atoms with E-state index < -0.39 is 5.97 Å². The summed E-state index contributed by atoms with van der Waals surface area (Å²) < 4.78 is 5.17. The number of carbonyl (C=O) groups excluding carboxylic acids is 1. The molecule has 7 heteroatoms. The monoisotopic (exact) mass is 281 g/mol. The Morgan fingerprint density at radius 2 is 2.25 bits per heavy atom. The van der Waals surface area contributed by atoms with E-state index >= 15 is 0 Å². The highest BCUT2D eigenvalue weighted by Gasteiger charge is 2.13. The topological polar surface area (TPSA) is 101 Å². The van der Waals surface area contributed by atoms with E-state index in [1.165, 1.54) is 0 Å². The molecule has 20 heavy (non-hydrogen) atoms. The van der Waals surface area contributed by atoms with Crippen LogP contribution in [-0.2, 0) is 4.79 Å². The maximum absolute atomic E-state index is 11.6. The lowest BCUT2D eigenvalue weighted by atomic mass is 10.1. The lowest BCUT2D eigenvalue weighted by Crippen LogP contribution is -2.37. The molecule has 1 rings (SSSR count). The van der Waals surface area contributed by atoms with Crippen molar-refractivity contribution in [3.05, 3.63) is 24.0 Å². The van der Waals surface area contributed by atoms with Crippen molar-refractivity contribution >= 4 is 12.0 Å². The first kappa shape index (κ1) is 15.7. The zero-order valence-electron chi connectivity index (χ0n) is 11.5. The van der Waals surface area contributed by atoms with Gasteiger partial charge in [-0.3, -0.25) is 9.78 Å². The van der Waals surface area contributed by atoms with Crippen molar-refractivity contribution in [2.24, 2.45) is 0 Å². The molecule has 1 atom stereocenters. The number of hydrogen-bond acceptors (Lipinski definition) is 4. The lowest BCUT2D eigenvalue weighted by molar-refractivity contribution is -0.137. The Labute approximate surface area is 117 Å². The minimum atomic E-state index is -0.873. The molecular weight excluding hydrogens is 262 g/mol. The number of nitrogens with zero attached hydrogens (tertiary/aromatic N) is 1. The second-order valence-corrected chi connectivity index (χ2v) is 4.24. The average molecular weight is 281 g/mol. The van der Waals surface area contributed by atoms with Crippen LogP contribution in [0, 0.1) is 0 Å². The van der Waals surface area contributed by atoms with Crippen LogP contribution >= 0.6 is 0 Å². The van der Waals surface area contributed by atoms with Crippen LogP contribution in [0.2, 0.25) is 0 Å². The van der Waals surface area contributed by atoms with E-state index in [-0.39, 0.29) is 18.5 Å². The van der Waals surface area contributed by atoms with Gasteiger partial charge in [-0.05, 0) is 19.4 Å². The molecule has 0 aliphatic rings. The van der Waals surface area contributed by atoms with E-state index in [9.17, 15) is 9.59 Å². The molecule has 0 spiro atoms. The van der Waals surface area contributed by atoms with E-state index in [1.807, 2.05) is 6.92 Å². The molecule has 1 aromatic heterocycles. The highest BCUT2D eigenvalue weighted by molar-refractivity contribution is 5.74. The summed E-state index contributed by atoms with van der Waals surface area (Å²) in [7, 11) is 1.54. The number of urea groups is 1. The molecule has 0 radical (unpaired) electrons. The standard InChI is InChI=1S/C13H19N3O4/c1-9(10-5-7-14-8-11(10)20-2)16-13(19)15-6-3-4-12(17)18/h5,7-9H,3-4,6H2,1-2H3,(H,17,18)(H2,15,16,19). The molecule has 0 saturated heterocycles. The normalized spacial score (nSPS) is 11.5. The smallest absolute Gasteiger partial charge is 0.315 e. The fourth-order valence-electron chi connectivity index (χ4n) is 1.69. The molecule has 1 aromatic rings. The highest BCUT2D eigenvalue weighted by atomic mass is 16.5. The maximum atomic E-state index is 11.6. The zero-order chi connectivity index (χ0) is 15.0. The van der Waals surface area contributed by atoms with Crippen molar-refractivity contribution in [1.82, 2.24) is 15.6 Å². The van der Waals surface area contributed by atoms with Crippen molar-refractivity contribution in [3.8, 4) is 5.75 Å². The van der Waals surface area contributed by atoms with Crippen LogP contribution < -0.4 is 15.4 Å². The second-order valence-electron chi connectivity index (χ2n) is 4.24. The molecule has 0 aliphatic carbocycles. The molecule has 0 aromatic carbocycles. The van der Waals surface area contributed by atoms with Crippen LogP contribution in [0.1, 0.15) is 31.4 Å². The number of aliphatic carboxylic acids is 1. The molecular formula is C13H19N3O4. The van der Waals surface area contributed by atoms with Gasteiger partial charge in [0.1, 0.15) is 5.75 Å². The number of ether oxygens (including phenoxy) is 1. The van der Waals surface area contributed by atoms with Crippen molar-refractivity contribution in [2.75, 3.05) is 13.7 Å². The minimum Gasteiger partial charge on any atom is -0.495 e. The summed E-state index contributed by atoms with van der Waals surface area (Å²) in [6, 6.07) is 1.18. The predicted octanol–water partition coefficient (Wildman–Crippen LogP) is 1.32. The molecule has 0 saturated carbocycles. The Hall–Kier alpha value is -2.31. The summed E-state index contributed by atoms with van der Waals surface area (Å²) in [6.45, 7) is 2.15. The number of carboxylic acid groups (broad SMARTS) is 1. The summed E-state index contributed by atoms with van der Waals surface area (Å²) in [5.41, 5.74) is 0.822. The van der Waals surface area contributed by atoms with Crippen molar-refractivity contribution in [3.63, 3.8) is 0 Å². The van der Waals surface area contributed by atoms with Crippen LogP contribution in [-0.4, -0.2) is 35.7 Å². The van der Waals surface area contributed by atoms with Gasteiger partial charge in [-0.2, -0.15) is 0 Å². The van der Waals surface area contributed by atoms with E-state index in [2.05, 4.69) is 15.6 Å². The second kappa shape index (κ2) is 7.98. The summed E-state index contributed by atoms with van der Waals surface area (Å²) in [5, 5.41) is 13.8. The van der Waals surface area contributed by atoms with Crippen LogP contribution in [0.25, 0.3) is 0 Å². The van der Waals surface area contributed by atoms with E-state index in [1.54, 1.807) is 25.6 Å². The van der Waals surface area contributed by atoms with Crippen molar-refractivity contribution in [2.45, 2.75) is 25.8 Å². The highest BCUT2D eigenvalue weighted by Crippen LogP contribution is 2.22. The Balaban J connectivity index is 2.43. The van der Waals surface area contributed by atoms with Crippen molar-refractivity contribution < 1.29 is 19.4 Å². The fourth-order valence-corrected chi connectivity index (χ4v) is 1.69. The van der Waals surface area contributed by atoms with Gasteiger partial charge in [0.05, 0.1) is 19.3 Å². The lowest BCUT2D eigenvalue weighted by Gasteiger charge is -2.17. The molecule has 7 nitrogen and oxygen atoms in total. The molecule has 1 heterocycles. The molecule has 0 fully saturated rings. The number of amides is 2. The Morgan fingerprint density at radius 3 is 2.90 bits per heavy atom.